The van der Waals surface area contributed by atoms with Crippen molar-refractivity contribution in [3.8, 4) is 5.88 Å². The number of hydrogen-bond donors (Lipinski definition) is 0. The Bertz CT molecular complexity index is 574. The van der Waals surface area contributed by atoms with Gasteiger partial charge in [0.2, 0.25) is 17.7 Å². The van der Waals surface area contributed by atoms with Gasteiger partial charge in [-0.25, -0.2) is 4.98 Å². The molecule has 128 valence electrons. The minimum atomic E-state index is -0.367. The summed E-state index contributed by atoms with van der Waals surface area (Å²) in [5, 5.41) is 0. The second-order valence-electron chi connectivity index (χ2n) is 6.94. The molecule has 1 unspecified atom stereocenters. The summed E-state index contributed by atoms with van der Waals surface area (Å²) in [6, 6.07) is 0.175. The molecule has 1 fully saturated rings. The maximum atomic E-state index is 12.5. The third-order valence-electron chi connectivity index (χ3n) is 4.08. The first-order valence-electron chi connectivity index (χ1n) is 7.82. The maximum absolute atomic E-state index is 12.5. The number of piperidine rings is 1. The number of halogens is 1. The molecule has 1 aromatic rings. The molecule has 23 heavy (non-hydrogen) atoms. The first-order valence-corrected chi connectivity index (χ1v) is 8.62. The lowest BCUT2D eigenvalue weighted by Gasteiger charge is -2.39. The molecule has 1 atom stereocenters. The molecular weight excluding hydrogens is 360 g/mol. The van der Waals surface area contributed by atoms with E-state index in [4.69, 9.17) is 4.74 Å². The van der Waals surface area contributed by atoms with Crippen molar-refractivity contribution in [2.75, 3.05) is 32.1 Å². The summed E-state index contributed by atoms with van der Waals surface area (Å²) in [6.07, 6.45) is 3.71. The highest BCUT2D eigenvalue weighted by Crippen LogP contribution is 2.27. The lowest BCUT2D eigenvalue weighted by atomic mass is 9.93. The van der Waals surface area contributed by atoms with E-state index in [1.807, 2.05) is 32.7 Å². The van der Waals surface area contributed by atoms with Crippen LogP contribution in [-0.4, -0.2) is 54.1 Å². The van der Waals surface area contributed by atoms with Crippen LogP contribution in [0.2, 0.25) is 0 Å². The number of anilines is 1. The van der Waals surface area contributed by atoms with E-state index in [0.717, 1.165) is 30.4 Å². The summed E-state index contributed by atoms with van der Waals surface area (Å²) >= 11 is 3.37. The van der Waals surface area contributed by atoms with Crippen LogP contribution in [0.3, 0.4) is 0 Å². The Hall–Kier alpha value is -1.37. The Morgan fingerprint density at radius 1 is 1.48 bits per heavy atom. The van der Waals surface area contributed by atoms with Gasteiger partial charge in [0.1, 0.15) is 0 Å². The van der Waals surface area contributed by atoms with Gasteiger partial charge in [-0.3, -0.25) is 4.79 Å². The number of aromatic nitrogens is 2. The van der Waals surface area contributed by atoms with Gasteiger partial charge in [0.15, 0.2) is 0 Å². The van der Waals surface area contributed by atoms with Gasteiger partial charge in [0, 0.05) is 31.6 Å². The number of carbonyl (C=O) groups is 1. The first-order chi connectivity index (χ1) is 10.7. The fourth-order valence-corrected chi connectivity index (χ4v) is 3.14. The van der Waals surface area contributed by atoms with Crippen molar-refractivity contribution in [1.29, 1.82) is 0 Å². The summed E-state index contributed by atoms with van der Waals surface area (Å²) in [6.45, 7) is 7.49. The highest BCUT2D eigenvalue weighted by atomic mass is 79.9. The SMILES string of the molecule is COc1nc(N2CCCC(N(C)C(=O)C(C)(C)C)C2)ncc1Br. The number of carbonyl (C=O) groups excluding carboxylic acids is 1. The van der Waals surface area contributed by atoms with Gasteiger partial charge in [0.05, 0.1) is 17.8 Å². The Labute approximate surface area is 146 Å². The zero-order valence-corrected chi connectivity index (χ0v) is 16.1. The first kappa shape index (κ1) is 18.0. The Balaban J connectivity index is 2.13. The zero-order valence-electron chi connectivity index (χ0n) is 14.5. The topological polar surface area (TPSA) is 58.6 Å². The van der Waals surface area contributed by atoms with Gasteiger partial charge in [-0.15, -0.1) is 0 Å². The number of methoxy groups -OCH3 is 1. The molecule has 1 aliphatic rings. The standard InChI is InChI=1S/C16H25BrN4O2/c1-16(2,3)14(22)20(4)11-7-6-8-21(10-11)15-18-9-12(17)13(19-15)23-5/h9,11H,6-8,10H2,1-5H3. The molecule has 0 N–H and O–H groups in total. The highest BCUT2D eigenvalue weighted by Gasteiger charge is 2.32. The quantitative estimate of drug-likeness (QED) is 0.801. The molecule has 0 spiro atoms. The molecule has 6 nitrogen and oxygen atoms in total. The molecule has 0 aromatic carbocycles. The van der Waals surface area contributed by atoms with Gasteiger partial charge in [-0.05, 0) is 28.8 Å². The van der Waals surface area contributed by atoms with Crippen LogP contribution < -0.4 is 9.64 Å². The zero-order chi connectivity index (χ0) is 17.2. The fourth-order valence-electron chi connectivity index (χ4n) is 2.79. The summed E-state index contributed by atoms with van der Waals surface area (Å²) in [7, 11) is 3.48. The van der Waals surface area contributed by atoms with Gasteiger partial charge in [-0.1, -0.05) is 20.8 Å². The number of rotatable bonds is 3. The summed E-state index contributed by atoms with van der Waals surface area (Å²) in [5.74, 6) is 1.33. The molecule has 1 aliphatic heterocycles. The van der Waals surface area contributed by atoms with Gasteiger partial charge >= 0.3 is 0 Å². The minimum absolute atomic E-state index is 0.165. The number of amides is 1. The third kappa shape index (κ3) is 4.13. The fraction of sp³-hybridized carbons (Fsp3) is 0.688. The largest absolute Gasteiger partial charge is 0.480 e. The van der Waals surface area contributed by atoms with Crippen LogP contribution in [0.1, 0.15) is 33.6 Å². The van der Waals surface area contributed by atoms with E-state index in [2.05, 4.69) is 30.8 Å². The van der Waals surface area contributed by atoms with Crippen molar-refractivity contribution < 1.29 is 9.53 Å². The molecule has 2 heterocycles. The molecule has 0 saturated carbocycles. The molecule has 1 saturated heterocycles. The van der Waals surface area contributed by atoms with Crippen molar-refractivity contribution >= 4 is 27.8 Å². The van der Waals surface area contributed by atoms with Crippen LogP contribution in [-0.2, 0) is 4.79 Å². The van der Waals surface area contributed by atoms with Crippen molar-refractivity contribution in [1.82, 2.24) is 14.9 Å². The number of ether oxygens (including phenoxy) is 1. The third-order valence-corrected chi connectivity index (χ3v) is 4.63. The average Bonchev–Trinajstić information content (AvgIpc) is 2.53. The van der Waals surface area contributed by atoms with Crippen molar-refractivity contribution in [2.24, 2.45) is 5.41 Å². The van der Waals surface area contributed by atoms with Crippen molar-refractivity contribution in [3.63, 3.8) is 0 Å². The average molecular weight is 385 g/mol. The molecule has 0 radical (unpaired) electrons. The van der Waals surface area contributed by atoms with E-state index in [9.17, 15) is 4.79 Å². The summed E-state index contributed by atoms with van der Waals surface area (Å²) in [5.41, 5.74) is -0.367. The molecule has 7 heteroatoms. The van der Waals surface area contributed by atoms with E-state index in [0.29, 0.717) is 11.8 Å². The second-order valence-corrected chi connectivity index (χ2v) is 7.79. The Morgan fingerprint density at radius 2 is 2.17 bits per heavy atom. The van der Waals surface area contributed by atoms with Crippen molar-refractivity contribution in [3.05, 3.63) is 10.7 Å². The number of nitrogens with zero attached hydrogens (tertiary/aromatic N) is 4. The summed E-state index contributed by atoms with van der Waals surface area (Å²) < 4.78 is 5.98. The smallest absolute Gasteiger partial charge is 0.232 e. The predicted octanol–water partition coefficient (Wildman–Crippen LogP) is 2.72. The van der Waals surface area contributed by atoms with E-state index in [-0.39, 0.29) is 17.4 Å². The number of hydrogen-bond acceptors (Lipinski definition) is 5. The number of likely N-dealkylation sites (N-methyl/N-ethyl adjacent to an activating group) is 1. The molecule has 0 bridgehead atoms. The second kappa shape index (κ2) is 7.03. The molecule has 1 aromatic heterocycles. The van der Waals surface area contributed by atoms with Crippen LogP contribution in [0.25, 0.3) is 0 Å². The van der Waals surface area contributed by atoms with Crippen LogP contribution in [0, 0.1) is 5.41 Å². The predicted molar refractivity (Wildman–Crippen MR) is 93.7 cm³/mol. The van der Waals surface area contributed by atoms with E-state index in [1.165, 1.54) is 0 Å². The van der Waals surface area contributed by atoms with Gasteiger partial charge in [0.25, 0.3) is 0 Å². The van der Waals surface area contributed by atoms with E-state index in [1.54, 1.807) is 13.3 Å². The maximum Gasteiger partial charge on any atom is 0.232 e. The van der Waals surface area contributed by atoms with Crippen molar-refractivity contribution in [2.45, 2.75) is 39.7 Å². The van der Waals surface area contributed by atoms with Crippen LogP contribution in [0.4, 0.5) is 5.95 Å². The molecular formula is C16H25BrN4O2. The molecule has 0 aliphatic carbocycles. The monoisotopic (exact) mass is 384 g/mol. The lowest BCUT2D eigenvalue weighted by molar-refractivity contribution is -0.140. The van der Waals surface area contributed by atoms with E-state index < -0.39 is 0 Å². The van der Waals surface area contributed by atoms with Crippen LogP contribution >= 0.6 is 15.9 Å². The summed E-state index contributed by atoms with van der Waals surface area (Å²) in [4.78, 5) is 25.3. The van der Waals surface area contributed by atoms with E-state index >= 15 is 0 Å². The molecule has 2 rings (SSSR count). The highest BCUT2D eigenvalue weighted by molar-refractivity contribution is 9.10. The van der Waals surface area contributed by atoms with Crippen LogP contribution in [0.5, 0.6) is 5.88 Å². The molecule has 1 amide bonds. The Kier molecular flexibility index (Phi) is 5.49. The lowest BCUT2D eigenvalue weighted by Crippen LogP contribution is -2.51. The minimum Gasteiger partial charge on any atom is -0.480 e. The van der Waals surface area contributed by atoms with Gasteiger partial charge < -0.3 is 14.5 Å². The van der Waals surface area contributed by atoms with Gasteiger partial charge in [-0.2, -0.15) is 4.98 Å². The van der Waals surface area contributed by atoms with Crippen LogP contribution in [0.15, 0.2) is 10.7 Å². The normalized spacial score (nSPS) is 18.7. The Morgan fingerprint density at radius 3 is 2.78 bits per heavy atom.